The number of unbranched alkanes of at least 4 members (excludes halogenated alkanes) is 1. The zero-order chi connectivity index (χ0) is 13.2. The molecule has 0 saturated carbocycles. The Morgan fingerprint density at radius 1 is 1.05 bits per heavy atom. The fraction of sp³-hybridized carbons (Fsp3) is 0.235. The number of nitriles is 1. The minimum Gasteiger partial charge on any atom is -0.340 e. The van der Waals surface area contributed by atoms with Gasteiger partial charge >= 0.3 is 0 Å². The fourth-order valence-electron chi connectivity index (χ4n) is 2.68. The zero-order valence-corrected chi connectivity index (χ0v) is 11.1. The van der Waals surface area contributed by atoms with Crippen molar-refractivity contribution in [3.05, 3.63) is 48.0 Å². The van der Waals surface area contributed by atoms with E-state index >= 15 is 0 Å². The molecule has 0 fully saturated rings. The molecule has 19 heavy (non-hydrogen) atoms. The molecule has 1 aromatic heterocycles. The maximum absolute atomic E-state index is 9.06. The molecule has 0 atom stereocenters. The van der Waals surface area contributed by atoms with E-state index in [0.717, 1.165) is 12.1 Å². The molecule has 0 saturated heterocycles. The van der Waals surface area contributed by atoms with Crippen LogP contribution in [0.5, 0.6) is 0 Å². The van der Waals surface area contributed by atoms with Crippen molar-refractivity contribution in [3.63, 3.8) is 0 Å². The van der Waals surface area contributed by atoms with Gasteiger partial charge in [-0.05, 0) is 30.7 Å². The van der Waals surface area contributed by atoms with Crippen LogP contribution in [0.25, 0.3) is 21.8 Å². The molecular weight excluding hydrogens is 232 g/mol. The average Bonchev–Trinajstić information content (AvgIpc) is 2.78. The van der Waals surface area contributed by atoms with Gasteiger partial charge in [0.1, 0.15) is 0 Å². The van der Waals surface area contributed by atoms with Gasteiger partial charge in [0.15, 0.2) is 0 Å². The first-order chi connectivity index (χ1) is 9.35. The van der Waals surface area contributed by atoms with Crippen molar-refractivity contribution in [3.8, 4) is 6.07 Å². The maximum Gasteiger partial charge on any atom is 0.0991 e. The van der Waals surface area contributed by atoms with Crippen LogP contribution in [0.4, 0.5) is 0 Å². The first-order valence-corrected chi connectivity index (χ1v) is 6.76. The zero-order valence-electron chi connectivity index (χ0n) is 11.1. The van der Waals surface area contributed by atoms with E-state index in [1.165, 1.54) is 34.6 Å². The van der Waals surface area contributed by atoms with E-state index in [0.29, 0.717) is 0 Å². The quantitative estimate of drug-likeness (QED) is 0.672. The summed E-state index contributed by atoms with van der Waals surface area (Å²) in [4.78, 5) is 0. The highest BCUT2D eigenvalue weighted by Crippen LogP contribution is 2.29. The van der Waals surface area contributed by atoms with Gasteiger partial charge in [-0.3, -0.25) is 0 Å². The van der Waals surface area contributed by atoms with Crippen LogP contribution in [0, 0.1) is 11.3 Å². The number of hydrogen-bond acceptors (Lipinski definition) is 1. The molecule has 2 heteroatoms. The van der Waals surface area contributed by atoms with E-state index in [1.54, 1.807) is 0 Å². The lowest BCUT2D eigenvalue weighted by atomic mass is 10.1. The molecule has 0 unspecified atom stereocenters. The van der Waals surface area contributed by atoms with E-state index in [9.17, 15) is 0 Å². The van der Waals surface area contributed by atoms with Crippen LogP contribution in [0.2, 0.25) is 0 Å². The summed E-state index contributed by atoms with van der Waals surface area (Å²) in [5.41, 5.74) is 3.22. The topological polar surface area (TPSA) is 28.7 Å². The number of fused-ring (bicyclic) bond motifs is 3. The molecule has 3 aromatic rings. The molecule has 0 amide bonds. The third-order valence-corrected chi connectivity index (χ3v) is 3.64. The summed E-state index contributed by atoms with van der Waals surface area (Å²) in [6.45, 7) is 3.24. The van der Waals surface area contributed by atoms with Crippen molar-refractivity contribution in [1.82, 2.24) is 4.57 Å². The third kappa shape index (κ3) is 1.88. The molecule has 0 aliphatic carbocycles. The van der Waals surface area contributed by atoms with Gasteiger partial charge in [-0.15, -0.1) is 0 Å². The van der Waals surface area contributed by atoms with Crippen molar-refractivity contribution in [2.75, 3.05) is 0 Å². The smallest absolute Gasteiger partial charge is 0.0991 e. The van der Waals surface area contributed by atoms with Crippen molar-refractivity contribution in [1.29, 1.82) is 5.26 Å². The van der Waals surface area contributed by atoms with Gasteiger partial charge in [-0.2, -0.15) is 5.26 Å². The minimum atomic E-state index is 0.728. The lowest BCUT2D eigenvalue weighted by molar-refractivity contribution is 0.665. The van der Waals surface area contributed by atoms with E-state index in [-0.39, 0.29) is 0 Å². The normalized spacial score (nSPS) is 10.9. The van der Waals surface area contributed by atoms with E-state index in [4.69, 9.17) is 5.26 Å². The number of aryl methyl sites for hydroxylation is 1. The van der Waals surface area contributed by atoms with Crippen LogP contribution in [0.15, 0.2) is 42.5 Å². The van der Waals surface area contributed by atoms with Gasteiger partial charge in [0.25, 0.3) is 0 Å². The molecule has 94 valence electrons. The molecule has 0 N–H and O–H groups in total. The second-order valence-corrected chi connectivity index (χ2v) is 4.87. The Morgan fingerprint density at radius 3 is 2.63 bits per heavy atom. The standard InChI is InChI=1S/C17H16N2/c1-2-3-10-19-16-7-5-4-6-14(16)15-11-13(12-18)8-9-17(15)19/h4-9,11H,2-3,10H2,1H3. The minimum absolute atomic E-state index is 0.728. The summed E-state index contributed by atoms with van der Waals surface area (Å²) in [7, 11) is 0. The van der Waals surface area contributed by atoms with Crippen molar-refractivity contribution >= 4 is 21.8 Å². The number of aromatic nitrogens is 1. The van der Waals surface area contributed by atoms with Crippen LogP contribution in [-0.4, -0.2) is 4.57 Å². The average molecular weight is 248 g/mol. The Hall–Kier alpha value is -2.27. The van der Waals surface area contributed by atoms with Gasteiger partial charge in [-0.25, -0.2) is 0 Å². The molecule has 1 heterocycles. The van der Waals surface area contributed by atoms with Crippen LogP contribution < -0.4 is 0 Å². The van der Waals surface area contributed by atoms with Crippen molar-refractivity contribution in [2.45, 2.75) is 26.3 Å². The summed E-state index contributed by atoms with van der Waals surface area (Å²) >= 11 is 0. The van der Waals surface area contributed by atoms with E-state index in [1.807, 2.05) is 12.1 Å². The van der Waals surface area contributed by atoms with Gasteiger partial charge in [-0.1, -0.05) is 31.5 Å². The lowest BCUT2D eigenvalue weighted by Crippen LogP contribution is -1.96. The van der Waals surface area contributed by atoms with Crippen molar-refractivity contribution < 1.29 is 0 Å². The van der Waals surface area contributed by atoms with Crippen LogP contribution in [0.1, 0.15) is 25.3 Å². The molecule has 0 aliphatic heterocycles. The summed E-state index contributed by atoms with van der Waals surface area (Å²) in [5, 5.41) is 11.5. The highest BCUT2D eigenvalue weighted by Gasteiger charge is 2.10. The SMILES string of the molecule is CCCCn1c2ccccc2c2cc(C#N)ccc21. The van der Waals surface area contributed by atoms with Crippen molar-refractivity contribution in [2.24, 2.45) is 0 Å². The highest BCUT2D eigenvalue weighted by atomic mass is 15.0. The van der Waals surface area contributed by atoms with E-state index < -0.39 is 0 Å². The first-order valence-electron chi connectivity index (χ1n) is 6.76. The molecule has 2 aromatic carbocycles. The molecule has 0 aliphatic rings. The van der Waals surface area contributed by atoms with Crippen LogP contribution >= 0.6 is 0 Å². The number of para-hydroxylation sites is 1. The van der Waals surface area contributed by atoms with Gasteiger partial charge in [0.2, 0.25) is 0 Å². The van der Waals surface area contributed by atoms with E-state index in [2.05, 4.69) is 47.9 Å². The predicted molar refractivity (Wildman–Crippen MR) is 79.1 cm³/mol. The summed E-state index contributed by atoms with van der Waals surface area (Å²) < 4.78 is 2.37. The Labute approximate surface area is 112 Å². The van der Waals surface area contributed by atoms with Crippen LogP contribution in [-0.2, 0) is 6.54 Å². The Bertz CT molecular complexity index is 775. The maximum atomic E-state index is 9.06. The number of nitrogens with zero attached hydrogens (tertiary/aromatic N) is 2. The Balaban J connectivity index is 2.34. The second kappa shape index (κ2) is 4.78. The Morgan fingerprint density at radius 2 is 1.84 bits per heavy atom. The Kier molecular flexibility index (Phi) is 2.97. The largest absolute Gasteiger partial charge is 0.340 e. The number of benzene rings is 2. The molecule has 3 rings (SSSR count). The van der Waals surface area contributed by atoms with Crippen LogP contribution in [0.3, 0.4) is 0 Å². The second-order valence-electron chi connectivity index (χ2n) is 4.87. The number of rotatable bonds is 3. The first kappa shape index (κ1) is 11.8. The molecule has 0 radical (unpaired) electrons. The third-order valence-electron chi connectivity index (χ3n) is 3.64. The lowest BCUT2D eigenvalue weighted by Gasteiger charge is -2.05. The molecule has 2 nitrogen and oxygen atoms in total. The molecule has 0 spiro atoms. The van der Waals surface area contributed by atoms with Gasteiger partial charge in [0, 0.05) is 28.4 Å². The molecule has 0 bridgehead atoms. The molecular formula is C17H16N2. The highest BCUT2D eigenvalue weighted by molar-refractivity contribution is 6.08. The van der Waals surface area contributed by atoms with Gasteiger partial charge in [0.05, 0.1) is 11.6 Å². The fourth-order valence-corrected chi connectivity index (χ4v) is 2.68. The number of hydrogen-bond donors (Lipinski definition) is 0. The summed E-state index contributed by atoms with van der Waals surface area (Å²) in [5.74, 6) is 0. The monoisotopic (exact) mass is 248 g/mol. The summed E-state index contributed by atoms with van der Waals surface area (Å²) in [6, 6.07) is 16.6. The van der Waals surface area contributed by atoms with Gasteiger partial charge < -0.3 is 4.57 Å². The summed E-state index contributed by atoms with van der Waals surface area (Å²) in [6.07, 6.45) is 2.36. The predicted octanol–water partition coefficient (Wildman–Crippen LogP) is 4.47.